The summed E-state index contributed by atoms with van der Waals surface area (Å²) in [5.41, 5.74) is 2.36. The van der Waals surface area contributed by atoms with Crippen LogP contribution in [0.2, 0.25) is 0 Å². The van der Waals surface area contributed by atoms with Crippen LogP contribution < -0.4 is 13.6 Å². The largest absolute Gasteiger partial charge is 0.429 e. The lowest BCUT2D eigenvalue weighted by molar-refractivity contribution is 0.204. The van der Waals surface area contributed by atoms with E-state index >= 15 is 0 Å². The average molecular weight is 480 g/mol. The first kappa shape index (κ1) is 26.6. The smallest absolute Gasteiger partial charge is 0.409 e. The maximum absolute atomic E-state index is 14.1. The number of amides is 1. The van der Waals surface area contributed by atoms with E-state index in [1.54, 1.807) is 12.1 Å². The minimum atomic E-state index is -4.54. The Bertz CT molecular complexity index is 1050. The number of ether oxygens (including phenoxy) is 1. The molecule has 0 saturated heterocycles. The molecule has 8 heteroatoms. The van der Waals surface area contributed by atoms with Gasteiger partial charge in [-0.05, 0) is 46.9 Å². The third-order valence-corrected chi connectivity index (χ3v) is 6.07. The molecule has 0 saturated carbocycles. The molecule has 33 heavy (non-hydrogen) atoms. The highest BCUT2D eigenvalue weighted by molar-refractivity contribution is 7.85. The van der Waals surface area contributed by atoms with Gasteiger partial charge in [0.25, 0.3) is 0 Å². The molecule has 0 aliphatic rings. The number of carbonyl (C=O) groups excluding carboxylic acids is 1. The fraction of sp³-hybridized carbons (Fsp3) is 0.480. The van der Waals surface area contributed by atoms with Crippen LogP contribution in [-0.4, -0.2) is 14.5 Å². The minimum absolute atomic E-state index is 0.00210. The van der Waals surface area contributed by atoms with Crippen LogP contribution in [0.25, 0.3) is 0 Å². The second-order valence-corrected chi connectivity index (χ2v) is 10.6. The Morgan fingerprint density at radius 1 is 0.788 bits per heavy atom. The highest BCUT2D eigenvalue weighted by Crippen LogP contribution is 2.37. The second kappa shape index (κ2) is 10.5. The lowest BCUT2D eigenvalue weighted by Gasteiger charge is -2.21. The number of para-hydroxylation sites is 1. The predicted octanol–water partition coefficient (Wildman–Crippen LogP) is 6.73. The molecule has 0 atom stereocenters. The number of carbonyl (C=O) groups is 1. The standard InChI is InChI=1S/C25H34FNO5S/c1-14(2)19-10-9-11-20(15(3)4)24(19)32-33(29,30)27-25(28)31-23-21(16(5)6)12-18(26)13-22(23)17(7)8/h9-17H,1-8H3,(H,27,28). The summed E-state index contributed by atoms with van der Waals surface area (Å²) in [4.78, 5) is 12.6. The Morgan fingerprint density at radius 2 is 1.21 bits per heavy atom. The van der Waals surface area contributed by atoms with Gasteiger partial charge in [-0.3, -0.25) is 0 Å². The van der Waals surface area contributed by atoms with Crippen molar-refractivity contribution in [3.8, 4) is 11.5 Å². The SMILES string of the molecule is CC(C)c1cc(F)cc(C(C)C)c1OC(=O)NS(=O)(=O)Oc1c(C(C)C)cccc1C(C)C. The van der Waals surface area contributed by atoms with Gasteiger partial charge in [0.1, 0.15) is 11.6 Å². The van der Waals surface area contributed by atoms with Crippen molar-refractivity contribution in [1.82, 2.24) is 4.72 Å². The molecular formula is C25H34FNO5S. The Kier molecular flexibility index (Phi) is 8.52. The molecule has 182 valence electrons. The molecule has 2 aromatic rings. The van der Waals surface area contributed by atoms with Gasteiger partial charge in [0.05, 0.1) is 0 Å². The normalized spacial score (nSPS) is 12.0. The molecule has 0 heterocycles. The van der Waals surface area contributed by atoms with Crippen molar-refractivity contribution in [1.29, 1.82) is 0 Å². The van der Waals surface area contributed by atoms with Gasteiger partial charge in [0.15, 0.2) is 5.75 Å². The number of hydrogen-bond donors (Lipinski definition) is 1. The van der Waals surface area contributed by atoms with E-state index in [0.717, 1.165) is 0 Å². The summed E-state index contributed by atoms with van der Waals surface area (Å²) in [5.74, 6) is -0.391. The van der Waals surface area contributed by atoms with E-state index in [0.29, 0.717) is 22.3 Å². The first-order chi connectivity index (χ1) is 15.2. The van der Waals surface area contributed by atoms with E-state index in [1.165, 1.54) is 12.1 Å². The molecule has 1 N–H and O–H groups in total. The molecule has 0 spiro atoms. The second-order valence-electron chi connectivity index (χ2n) is 9.33. The summed E-state index contributed by atoms with van der Waals surface area (Å²) in [5, 5.41) is 0. The molecule has 0 aromatic heterocycles. The number of halogens is 1. The van der Waals surface area contributed by atoms with Crippen molar-refractivity contribution >= 4 is 16.4 Å². The van der Waals surface area contributed by atoms with Gasteiger partial charge < -0.3 is 8.92 Å². The predicted molar refractivity (Wildman–Crippen MR) is 128 cm³/mol. The molecule has 6 nitrogen and oxygen atoms in total. The summed E-state index contributed by atoms with van der Waals surface area (Å²) in [7, 11) is -4.54. The Balaban J connectivity index is 2.37. The maximum Gasteiger partial charge on any atom is 0.429 e. The number of rotatable bonds is 8. The van der Waals surface area contributed by atoms with Gasteiger partial charge in [-0.1, -0.05) is 73.6 Å². The van der Waals surface area contributed by atoms with Crippen molar-refractivity contribution in [2.45, 2.75) is 79.1 Å². The van der Waals surface area contributed by atoms with Crippen LogP contribution >= 0.6 is 0 Å². The van der Waals surface area contributed by atoms with Crippen molar-refractivity contribution in [3.05, 3.63) is 58.4 Å². The Morgan fingerprint density at radius 3 is 1.61 bits per heavy atom. The van der Waals surface area contributed by atoms with Crippen molar-refractivity contribution in [2.75, 3.05) is 0 Å². The van der Waals surface area contributed by atoms with Crippen LogP contribution in [0.4, 0.5) is 9.18 Å². The third-order valence-electron chi connectivity index (χ3n) is 5.27. The molecule has 2 aromatic carbocycles. The quantitative estimate of drug-likeness (QED) is 0.454. The topological polar surface area (TPSA) is 81.7 Å². The van der Waals surface area contributed by atoms with Gasteiger partial charge in [-0.25, -0.2) is 9.18 Å². The van der Waals surface area contributed by atoms with E-state index in [-0.39, 0.29) is 35.2 Å². The van der Waals surface area contributed by atoms with Crippen LogP contribution in [0.1, 0.15) is 101 Å². The molecule has 0 bridgehead atoms. The highest BCUT2D eigenvalue weighted by Gasteiger charge is 2.26. The van der Waals surface area contributed by atoms with E-state index in [9.17, 15) is 17.6 Å². The van der Waals surface area contributed by atoms with Gasteiger partial charge in [-0.2, -0.15) is 13.1 Å². The summed E-state index contributed by atoms with van der Waals surface area (Å²) in [6, 6.07) is 8.02. The van der Waals surface area contributed by atoms with Gasteiger partial charge in [0, 0.05) is 11.1 Å². The molecule has 0 aliphatic heterocycles. The first-order valence-corrected chi connectivity index (χ1v) is 12.5. The van der Waals surface area contributed by atoms with Gasteiger partial charge >= 0.3 is 16.4 Å². The monoisotopic (exact) mass is 479 g/mol. The van der Waals surface area contributed by atoms with Crippen molar-refractivity contribution < 1.29 is 26.5 Å². The fourth-order valence-corrected chi connectivity index (χ4v) is 4.24. The van der Waals surface area contributed by atoms with Gasteiger partial charge in [-0.15, -0.1) is 0 Å². The highest BCUT2D eigenvalue weighted by atomic mass is 32.2. The Labute approximate surface area is 196 Å². The molecular weight excluding hydrogens is 445 g/mol. The lowest BCUT2D eigenvalue weighted by atomic mass is 9.94. The van der Waals surface area contributed by atoms with Crippen molar-refractivity contribution in [2.24, 2.45) is 0 Å². The summed E-state index contributed by atoms with van der Waals surface area (Å²) < 4.78 is 52.2. The summed E-state index contributed by atoms with van der Waals surface area (Å²) >= 11 is 0. The van der Waals surface area contributed by atoms with E-state index in [1.807, 2.05) is 66.2 Å². The fourth-order valence-electron chi connectivity index (χ4n) is 3.54. The van der Waals surface area contributed by atoms with Crippen LogP contribution in [-0.2, 0) is 10.3 Å². The zero-order valence-corrected chi connectivity index (χ0v) is 21.3. The van der Waals surface area contributed by atoms with E-state index in [4.69, 9.17) is 8.92 Å². The molecule has 0 unspecified atom stereocenters. The molecule has 0 radical (unpaired) electrons. The zero-order chi connectivity index (χ0) is 25.1. The van der Waals surface area contributed by atoms with E-state index < -0.39 is 22.2 Å². The van der Waals surface area contributed by atoms with Crippen molar-refractivity contribution in [3.63, 3.8) is 0 Å². The molecule has 0 aliphatic carbocycles. The molecule has 0 fully saturated rings. The van der Waals surface area contributed by atoms with E-state index in [2.05, 4.69) is 0 Å². The summed E-state index contributed by atoms with van der Waals surface area (Å²) in [6.45, 7) is 15.0. The number of nitrogens with one attached hydrogen (secondary N) is 1. The molecule has 1 amide bonds. The minimum Gasteiger partial charge on any atom is -0.409 e. The third kappa shape index (κ3) is 6.69. The van der Waals surface area contributed by atoms with Crippen LogP contribution in [0.5, 0.6) is 11.5 Å². The zero-order valence-electron chi connectivity index (χ0n) is 20.5. The first-order valence-electron chi connectivity index (χ1n) is 11.1. The molecule has 2 rings (SSSR count). The van der Waals surface area contributed by atoms with Crippen LogP contribution in [0.15, 0.2) is 30.3 Å². The summed E-state index contributed by atoms with van der Waals surface area (Å²) in [6.07, 6.45) is -1.22. The lowest BCUT2D eigenvalue weighted by Crippen LogP contribution is -2.36. The van der Waals surface area contributed by atoms with Crippen LogP contribution in [0, 0.1) is 5.82 Å². The Hall–Kier alpha value is -2.61. The van der Waals surface area contributed by atoms with Crippen LogP contribution in [0.3, 0.4) is 0 Å². The number of benzene rings is 2. The average Bonchev–Trinajstić information content (AvgIpc) is 2.67. The number of hydrogen-bond acceptors (Lipinski definition) is 5. The maximum atomic E-state index is 14.1. The van der Waals surface area contributed by atoms with Gasteiger partial charge in [0.2, 0.25) is 0 Å².